The van der Waals surface area contributed by atoms with Crippen LogP contribution in [0.4, 0.5) is 0 Å². The molecule has 0 aliphatic carbocycles. The lowest BCUT2D eigenvalue weighted by Crippen LogP contribution is -3.09. The van der Waals surface area contributed by atoms with Crippen LogP contribution in [0.1, 0.15) is 33.1 Å². The van der Waals surface area contributed by atoms with Gasteiger partial charge in [-0.1, -0.05) is 19.0 Å². The molecule has 1 unspecified atom stereocenters. The molecule has 5 heteroatoms. The van der Waals surface area contributed by atoms with Crippen LogP contribution in [0.5, 0.6) is 0 Å². The topological polar surface area (TPSA) is 66.1 Å². The summed E-state index contributed by atoms with van der Waals surface area (Å²) in [4.78, 5) is 12.4. The number of hydrogen-bond donors (Lipinski definition) is 3. The van der Waals surface area contributed by atoms with E-state index < -0.39 is 0 Å². The molecule has 0 rings (SSSR count). The normalized spacial score (nSPS) is 13.2. The number of carbonyl (C=O) groups excluding carboxylic acids is 1. The van der Waals surface area contributed by atoms with E-state index in [1.807, 2.05) is 0 Å². The van der Waals surface area contributed by atoms with Crippen molar-refractivity contribution in [1.82, 2.24) is 5.32 Å². The summed E-state index contributed by atoms with van der Waals surface area (Å²) in [5.41, 5.74) is 0. The van der Waals surface area contributed by atoms with Crippen molar-refractivity contribution in [2.24, 2.45) is 11.1 Å². The van der Waals surface area contributed by atoms with Gasteiger partial charge in [0.2, 0.25) is 0 Å². The lowest BCUT2D eigenvalue weighted by molar-refractivity contribution is -0.880. The summed E-state index contributed by atoms with van der Waals surface area (Å²) < 4.78 is 0. The Morgan fingerprint density at radius 1 is 1.41 bits per heavy atom. The Labute approximate surface area is 104 Å². The summed E-state index contributed by atoms with van der Waals surface area (Å²) in [6.45, 7) is 7.35. The van der Waals surface area contributed by atoms with Crippen molar-refractivity contribution >= 4 is 12.1 Å². The minimum absolute atomic E-state index is 0.343. The Hall–Kier alpha value is -1.10. The molecule has 0 heterocycles. The minimum Gasteiger partial charge on any atom is -0.411 e. The molecule has 0 saturated carbocycles. The number of oxime groups is 1. The van der Waals surface area contributed by atoms with Gasteiger partial charge < -0.3 is 15.4 Å². The molecule has 0 aromatic heterocycles. The molecule has 0 bridgehead atoms. The third-order valence-corrected chi connectivity index (χ3v) is 2.64. The SMILES string of the molecule is CC(C)CCC[NH+](C)CCCNC(=O)/C=N\O. The number of carbonyl (C=O) groups is 1. The number of rotatable bonds is 9. The summed E-state index contributed by atoms with van der Waals surface area (Å²) in [7, 11) is 2.18. The first-order chi connectivity index (χ1) is 8.06. The van der Waals surface area contributed by atoms with E-state index in [1.54, 1.807) is 0 Å². The standard InChI is InChI=1S/C12H25N3O2/c1-11(2)6-4-8-15(3)9-5-7-13-12(16)10-14-17/h10-11,17H,4-9H2,1-3H3,(H,13,16)/p+1/b14-10-. The maximum Gasteiger partial charge on any atom is 0.265 e. The fraction of sp³-hybridized carbons (Fsp3) is 0.833. The van der Waals surface area contributed by atoms with Gasteiger partial charge in [-0.2, -0.15) is 0 Å². The second kappa shape index (κ2) is 10.1. The lowest BCUT2D eigenvalue weighted by atomic mass is 10.1. The van der Waals surface area contributed by atoms with Crippen LogP contribution in [0.15, 0.2) is 5.16 Å². The van der Waals surface area contributed by atoms with Crippen LogP contribution in [-0.2, 0) is 4.79 Å². The highest BCUT2D eigenvalue weighted by Crippen LogP contribution is 2.00. The van der Waals surface area contributed by atoms with Crippen LogP contribution < -0.4 is 10.2 Å². The molecular weight excluding hydrogens is 218 g/mol. The van der Waals surface area contributed by atoms with Crippen molar-refractivity contribution in [3.8, 4) is 0 Å². The quantitative estimate of drug-likeness (QED) is 0.229. The predicted molar refractivity (Wildman–Crippen MR) is 68.6 cm³/mol. The highest BCUT2D eigenvalue weighted by molar-refractivity contribution is 6.25. The number of quaternary nitrogens is 1. The minimum atomic E-state index is -0.343. The molecule has 0 fully saturated rings. The van der Waals surface area contributed by atoms with Crippen LogP contribution in [0.2, 0.25) is 0 Å². The summed E-state index contributed by atoms with van der Waals surface area (Å²) in [5, 5.41) is 13.4. The molecule has 0 saturated heterocycles. The molecule has 0 aromatic carbocycles. The third-order valence-electron chi connectivity index (χ3n) is 2.64. The summed E-state index contributed by atoms with van der Waals surface area (Å²) in [5.74, 6) is 0.435. The third kappa shape index (κ3) is 11.2. The van der Waals surface area contributed by atoms with Gasteiger partial charge in [-0.3, -0.25) is 4.79 Å². The van der Waals surface area contributed by atoms with Crippen LogP contribution >= 0.6 is 0 Å². The Morgan fingerprint density at radius 3 is 2.65 bits per heavy atom. The van der Waals surface area contributed by atoms with E-state index in [9.17, 15) is 4.79 Å². The van der Waals surface area contributed by atoms with Gasteiger partial charge in [0.05, 0.1) is 20.1 Å². The van der Waals surface area contributed by atoms with Gasteiger partial charge in [-0.25, -0.2) is 0 Å². The fourth-order valence-corrected chi connectivity index (χ4v) is 1.64. The van der Waals surface area contributed by atoms with E-state index in [1.165, 1.54) is 24.3 Å². The molecule has 0 aliphatic heterocycles. The summed E-state index contributed by atoms with van der Waals surface area (Å²) in [6, 6.07) is 0. The van der Waals surface area contributed by atoms with Gasteiger partial charge in [0.25, 0.3) is 5.91 Å². The first-order valence-electron chi connectivity index (χ1n) is 6.32. The Kier molecular flexibility index (Phi) is 9.43. The molecule has 5 nitrogen and oxygen atoms in total. The number of amides is 1. The fourth-order valence-electron chi connectivity index (χ4n) is 1.64. The molecule has 100 valence electrons. The lowest BCUT2D eigenvalue weighted by Gasteiger charge is -2.14. The predicted octanol–water partition coefficient (Wildman–Crippen LogP) is -0.0964. The largest absolute Gasteiger partial charge is 0.411 e. The first kappa shape index (κ1) is 15.9. The van der Waals surface area contributed by atoms with Gasteiger partial charge in [0.1, 0.15) is 6.21 Å². The Balaban J connectivity index is 3.38. The van der Waals surface area contributed by atoms with Crippen LogP contribution in [-0.4, -0.2) is 44.0 Å². The number of hydrogen-bond acceptors (Lipinski definition) is 3. The molecule has 0 radical (unpaired) electrons. The maximum absolute atomic E-state index is 10.9. The second-order valence-electron chi connectivity index (χ2n) is 4.88. The summed E-state index contributed by atoms with van der Waals surface area (Å²) in [6.07, 6.45) is 4.35. The highest BCUT2D eigenvalue weighted by atomic mass is 16.4. The van der Waals surface area contributed by atoms with E-state index >= 15 is 0 Å². The van der Waals surface area contributed by atoms with Gasteiger partial charge in [-0.05, 0) is 18.8 Å². The number of nitrogens with zero attached hydrogens (tertiary/aromatic N) is 1. The second-order valence-corrected chi connectivity index (χ2v) is 4.88. The first-order valence-corrected chi connectivity index (χ1v) is 6.32. The smallest absolute Gasteiger partial charge is 0.265 e. The van der Waals surface area contributed by atoms with Gasteiger partial charge in [0, 0.05) is 13.0 Å². The van der Waals surface area contributed by atoms with E-state index in [0.717, 1.165) is 25.1 Å². The maximum atomic E-state index is 10.9. The van der Waals surface area contributed by atoms with Gasteiger partial charge in [0.15, 0.2) is 0 Å². The van der Waals surface area contributed by atoms with Crippen LogP contribution in [0.25, 0.3) is 0 Å². The molecule has 3 N–H and O–H groups in total. The van der Waals surface area contributed by atoms with Crippen molar-refractivity contribution in [2.75, 3.05) is 26.7 Å². The highest BCUT2D eigenvalue weighted by Gasteiger charge is 2.03. The van der Waals surface area contributed by atoms with Crippen molar-refractivity contribution in [3.63, 3.8) is 0 Å². The average molecular weight is 244 g/mol. The zero-order chi connectivity index (χ0) is 13.1. The average Bonchev–Trinajstić information content (AvgIpc) is 2.24. The van der Waals surface area contributed by atoms with E-state index in [0.29, 0.717) is 6.54 Å². The van der Waals surface area contributed by atoms with E-state index in [-0.39, 0.29) is 5.91 Å². The van der Waals surface area contributed by atoms with Gasteiger partial charge >= 0.3 is 0 Å². The molecule has 17 heavy (non-hydrogen) atoms. The van der Waals surface area contributed by atoms with Crippen molar-refractivity contribution in [1.29, 1.82) is 0 Å². The van der Waals surface area contributed by atoms with Crippen molar-refractivity contribution in [3.05, 3.63) is 0 Å². The molecule has 1 atom stereocenters. The molecule has 0 spiro atoms. The van der Waals surface area contributed by atoms with E-state index in [2.05, 4.69) is 31.4 Å². The zero-order valence-corrected chi connectivity index (χ0v) is 11.2. The van der Waals surface area contributed by atoms with Crippen LogP contribution in [0, 0.1) is 5.92 Å². The van der Waals surface area contributed by atoms with Gasteiger partial charge in [-0.15, -0.1) is 0 Å². The van der Waals surface area contributed by atoms with Crippen molar-refractivity contribution < 1.29 is 14.9 Å². The zero-order valence-electron chi connectivity index (χ0n) is 11.2. The Morgan fingerprint density at radius 2 is 2.06 bits per heavy atom. The van der Waals surface area contributed by atoms with Crippen LogP contribution in [0.3, 0.4) is 0 Å². The molecule has 0 aliphatic rings. The monoisotopic (exact) mass is 244 g/mol. The molecule has 0 aromatic rings. The molecular formula is C12H26N3O2+. The molecule has 1 amide bonds. The van der Waals surface area contributed by atoms with Crippen molar-refractivity contribution in [2.45, 2.75) is 33.1 Å². The van der Waals surface area contributed by atoms with E-state index in [4.69, 9.17) is 5.21 Å². The summed E-state index contributed by atoms with van der Waals surface area (Å²) >= 11 is 0. The Bertz CT molecular complexity index is 230. The number of nitrogens with one attached hydrogen (secondary N) is 2.